The first kappa shape index (κ1) is 12.4. The number of hydrogen-bond donors (Lipinski definition) is 2. The van der Waals surface area contributed by atoms with Gasteiger partial charge in [-0.25, -0.2) is 0 Å². The molecule has 0 aliphatic heterocycles. The van der Waals surface area contributed by atoms with Gasteiger partial charge in [0.1, 0.15) is 6.04 Å². The smallest absolute Gasteiger partial charge is 0.320 e. The Bertz CT molecular complexity index is 264. The van der Waals surface area contributed by atoms with E-state index >= 15 is 0 Å². The van der Waals surface area contributed by atoms with Gasteiger partial charge in [0.05, 0.1) is 0 Å². The van der Waals surface area contributed by atoms with E-state index in [-0.39, 0.29) is 22.4 Å². The standard InChI is InChI=1S/C9H11NO2.Nb/c10-8(9(11)12)6-7-4-2-1-3-5-7;/h1-5,8H,6,10H2,(H,11,12);. The van der Waals surface area contributed by atoms with Crippen LogP contribution in [0.1, 0.15) is 5.56 Å². The molecule has 13 heavy (non-hydrogen) atoms. The molecule has 1 unspecified atom stereocenters. The molecule has 0 aliphatic carbocycles. The summed E-state index contributed by atoms with van der Waals surface area (Å²) >= 11 is 0. The fraction of sp³-hybridized carbons (Fsp3) is 0.222. The van der Waals surface area contributed by atoms with E-state index in [2.05, 4.69) is 0 Å². The SMILES string of the molecule is NC(Cc1ccccc1)C(=O)O.[Nb]. The molecule has 0 saturated carbocycles. The molecule has 1 aromatic carbocycles. The van der Waals surface area contributed by atoms with Crippen molar-refractivity contribution in [3.63, 3.8) is 0 Å². The number of benzene rings is 1. The topological polar surface area (TPSA) is 63.3 Å². The molecule has 3 N–H and O–H groups in total. The molecular formula is C9H11NNbO2. The van der Waals surface area contributed by atoms with Gasteiger partial charge >= 0.3 is 5.97 Å². The number of carbonyl (C=O) groups is 1. The number of rotatable bonds is 3. The van der Waals surface area contributed by atoms with Crippen LogP contribution in [0.4, 0.5) is 0 Å². The number of carboxylic acids is 1. The predicted octanol–water partition coefficient (Wildman–Crippen LogP) is 0.639. The van der Waals surface area contributed by atoms with Crippen molar-refractivity contribution >= 4 is 5.97 Å². The molecule has 0 bridgehead atoms. The summed E-state index contributed by atoms with van der Waals surface area (Å²) in [5.74, 6) is -0.959. The zero-order valence-corrected chi connectivity index (χ0v) is 9.25. The number of hydrogen-bond acceptors (Lipinski definition) is 2. The van der Waals surface area contributed by atoms with E-state index in [1.807, 2.05) is 30.3 Å². The molecule has 0 saturated heterocycles. The molecule has 1 aromatic rings. The number of nitrogens with two attached hydrogens (primary N) is 1. The molecule has 3 nitrogen and oxygen atoms in total. The van der Waals surface area contributed by atoms with Crippen molar-refractivity contribution in [3.05, 3.63) is 35.9 Å². The van der Waals surface area contributed by atoms with Crippen molar-refractivity contribution in [1.29, 1.82) is 0 Å². The second-order valence-electron chi connectivity index (χ2n) is 2.63. The first-order valence-corrected chi connectivity index (χ1v) is 3.72. The Balaban J connectivity index is 0.00000144. The van der Waals surface area contributed by atoms with Crippen molar-refractivity contribution in [2.45, 2.75) is 12.5 Å². The third kappa shape index (κ3) is 4.24. The molecular weight excluding hydrogens is 247 g/mol. The summed E-state index contributed by atoms with van der Waals surface area (Å²) in [7, 11) is 0. The zero-order valence-electron chi connectivity index (χ0n) is 7.05. The normalized spacial score (nSPS) is 11.5. The molecule has 1 atom stereocenters. The molecule has 0 amide bonds. The van der Waals surface area contributed by atoms with Crippen LogP contribution in [-0.2, 0) is 33.6 Å². The van der Waals surface area contributed by atoms with E-state index in [0.29, 0.717) is 6.42 Å². The van der Waals surface area contributed by atoms with Crippen molar-refractivity contribution in [1.82, 2.24) is 0 Å². The second kappa shape index (κ2) is 5.94. The van der Waals surface area contributed by atoms with Gasteiger partial charge in [0, 0.05) is 22.4 Å². The average molecular weight is 258 g/mol. The average Bonchev–Trinajstić information content (AvgIpc) is 2.06. The van der Waals surface area contributed by atoms with Gasteiger partial charge in [-0.2, -0.15) is 0 Å². The van der Waals surface area contributed by atoms with Gasteiger partial charge in [-0.3, -0.25) is 4.79 Å². The van der Waals surface area contributed by atoms with E-state index in [1.54, 1.807) is 0 Å². The third-order valence-corrected chi connectivity index (χ3v) is 1.62. The van der Waals surface area contributed by atoms with Gasteiger partial charge in [0.2, 0.25) is 0 Å². The summed E-state index contributed by atoms with van der Waals surface area (Å²) in [4.78, 5) is 10.4. The van der Waals surface area contributed by atoms with Crippen LogP contribution < -0.4 is 5.73 Å². The maximum Gasteiger partial charge on any atom is 0.320 e. The largest absolute Gasteiger partial charge is 0.480 e. The summed E-state index contributed by atoms with van der Waals surface area (Å²) in [6.07, 6.45) is 0.385. The van der Waals surface area contributed by atoms with Gasteiger partial charge in [0.25, 0.3) is 0 Å². The zero-order chi connectivity index (χ0) is 8.97. The van der Waals surface area contributed by atoms with Crippen LogP contribution in [0.15, 0.2) is 30.3 Å². The molecule has 0 heterocycles. The van der Waals surface area contributed by atoms with Gasteiger partial charge in [-0.15, -0.1) is 0 Å². The van der Waals surface area contributed by atoms with Gasteiger partial charge in [0.15, 0.2) is 0 Å². The molecule has 1 rings (SSSR count). The van der Waals surface area contributed by atoms with Crippen molar-refractivity contribution in [3.8, 4) is 0 Å². The summed E-state index contributed by atoms with van der Waals surface area (Å²) in [5.41, 5.74) is 6.30. The summed E-state index contributed by atoms with van der Waals surface area (Å²) in [6, 6.07) is 8.54. The maximum atomic E-state index is 10.4. The van der Waals surface area contributed by atoms with Gasteiger partial charge in [-0.1, -0.05) is 30.3 Å². The third-order valence-electron chi connectivity index (χ3n) is 1.62. The van der Waals surface area contributed by atoms with Crippen LogP contribution in [0.3, 0.4) is 0 Å². The van der Waals surface area contributed by atoms with Crippen LogP contribution in [0, 0.1) is 0 Å². The summed E-state index contributed by atoms with van der Waals surface area (Å²) in [6.45, 7) is 0. The molecule has 1 radical (unpaired) electrons. The molecule has 0 spiro atoms. The number of carboxylic acid groups (broad SMARTS) is 1. The number of aliphatic carboxylic acids is 1. The Morgan fingerprint density at radius 3 is 2.38 bits per heavy atom. The van der Waals surface area contributed by atoms with Crippen LogP contribution in [0.25, 0.3) is 0 Å². The monoisotopic (exact) mass is 258 g/mol. The van der Waals surface area contributed by atoms with Gasteiger partial charge < -0.3 is 10.8 Å². The first-order valence-electron chi connectivity index (χ1n) is 3.72. The fourth-order valence-electron chi connectivity index (χ4n) is 0.955. The van der Waals surface area contributed by atoms with E-state index in [1.165, 1.54) is 0 Å². The van der Waals surface area contributed by atoms with E-state index in [0.717, 1.165) is 5.56 Å². The Morgan fingerprint density at radius 1 is 1.38 bits per heavy atom. The van der Waals surface area contributed by atoms with Crippen LogP contribution in [0.2, 0.25) is 0 Å². The maximum absolute atomic E-state index is 10.4. The molecule has 0 aliphatic rings. The minimum absolute atomic E-state index is 0. The van der Waals surface area contributed by atoms with Gasteiger partial charge in [-0.05, 0) is 12.0 Å². The molecule has 4 heteroatoms. The Hall–Kier alpha value is -0.610. The Labute approximate surface area is 92.5 Å². The first-order chi connectivity index (χ1) is 5.70. The van der Waals surface area contributed by atoms with E-state index < -0.39 is 12.0 Å². The second-order valence-corrected chi connectivity index (χ2v) is 2.63. The van der Waals surface area contributed by atoms with Crippen LogP contribution >= 0.6 is 0 Å². The quantitative estimate of drug-likeness (QED) is 0.782. The molecule has 69 valence electrons. The van der Waals surface area contributed by atoms with Crippen molar-refractivity contribution in [2.24, 2.45) is 5.73 Å². The molecule has 0 aromatic heterocycles. The summed E-state index contributed by atoms with van der Waals surface area (Å²) in [5, 5.41) is 8.52. The van der Waals surface area contributed by atoms with Crippen LogP contribution in [0.5, 0.6) is 0 Å². The Morgan fingerprint density at radius 2 is 1.92 bits per heavy atom. The van der Waals surface area contributed by atoms with Crippen LogP contribution in [-0.4, -0.2) is 17.1 Å². The fourth-order valence-corrected chi connectivity index (χ4v) is 0.955. The van der Waals surface area contributed by atoms with E-state index in [4.69, 9.17) is 10.8 Å². The molecule has 0 fully saturated rings. The van der Waals surface area contributed by atoms with Crippen molar-refractivity contribution in [2.75, 3.05) is 0 Å². The predicted molar refractivity (Wildman–Crippen MR) is 45.8 cm³/mol. The summed E-state index contributed by atoms with van der Waals surface area (Å²) < 4.78 is 0. The minimum Gasteiger partial charge on any atom is -0.480 e. The Kier molecular flexibility index (Phi) is 5.66. The minimum atomic E-state index is -0.959. The van der Waals surface area contributed by atoms with Crippen molar-refractivity contribution < 1.29 is 32.3 Å². The van der Waals surface area contributed by atoms with E-state index in [9.17, 15) is 4.79 Å².